The van der Waals surface area contributed by atoms with Crippen LogP contribution in [0, 0.1) is 0 Å². The number of aliphatic hydroxyl groups is 1. The van der Waals surface area contributed by atoms with Crippen molar-refractivity contribution in [2.75, 3.05) is 0 Å². The molecule has 0 aliphatic rings. The van der Waals surface area contributed by atoms with Gasteiger partial charge < -0.3 is 14.9 Å². The second kappa shape index (κ2) is 4.55. The van der Waals surface area contributed by atoms with Crippen LogP contribution in [0.4, 0.5) is 0 Å². The molecule has 5 heteroatoms. The molecule has 0 aromatic rings. The smallest absolute Gasteiger partial charge is 0.320 e. The molecule has 0 aliphatic heterocycles. The highest BCUT2D eigenvalue weighted by atomic mass is 16.6. The maximum atomic E-state index is 10.4. The SMILES string of the molecule is C[C@H](NC(O)OC(C)(C)C)C(=O)O. The Hall–Kier alpha value is -0.650. The number of nitrogens with one attached hydrogen (secondary N) is 1. The Balaban J connectivity index is 3.88. The Morgan fingerprint density at radius 1 is 1.46 bits per heavy atom. The van der Waals surface area contributed by atoms with E-state index in [0.717, 1.165) is 0 Å². The number of ether oxygens (including phenoxy) is 1. The second-order valence-electron chi connectivity index (χ2n) is 3.81. The summed E-state index contributed by atoms with van der Waals surface area (Å²) in [5.41, 5.74) is -0.509. The lowest BCUT2D eigenvalue weighted by Crippen LogP contribution is -2.45. The average Bonchev–Trinajstić information content (AvgIpc) is 1.81. The van der Waals surface area contributed by atoms with Gasteiger partial charge in [-0.15, -0.1) is 0 Å². The molecule has 3 N–H and O–H groups in total. The molecule has 1 unspecified atom stereocenters. The third-order valence-corrected chi connectivity index (χ3v) is 1.23. The molecule has 0 bridgehead atoms. The molecule has 0 fully saturated rings. The van der Waals surface area contributed by atoms with Gasteiger partial charge in [-0.05, 0) is 27.7 Å². The lowest BCUT2D eigenvalue weighted by Gasteiger charge is -2.25. The summed E-state index contributed by atoms with van der Waals surface area (Å²) in [7, 11) is 0. The number of aliphatic hydroxyl groups excluding tert-OH is 1. The van der Waals surface area contributed by atoms with Gasteiger partial charge in [-0.25, -0.2) is 0 Å². The first kappa shape index (κ1) is 12.3. The number of rotatable bonds is 4. The first-order valence-electron chi connectivity index (χ1n) is 4.07. The monoisotopic (exact) mass is 191 g/mol. The van der Waals surface area contributed by atoms with Gasteiger partial charge in [-0.1, -0.05) is 0 Å². The molecule has 0 aliphatic carbocycles. The van der Waals surface area contributed by atoms with Crippen LogP contribution < -0.4 is 5.32 Å². The zero-order chi connectivity index (χ0) is 10.6. The number of carboxylic acids is 1. The summed E-state index contributed by atoms with van der Waals surface area (Å²) in [4.78, 5) is 10.4. The van der Waals surface area contributed by atoms with E-state index in [1.165, 1.54) is 6.92 Å². The fraction of sp³-hybridized carbons (Fsp3) is 0.875. The van der Waals surface area contributed by atoms with Crippen molar-refractivity contribution in [3.05, 3.63) is 0 Å². The summed E-state index contributed by atoms with van der Waals surface area (Å²) >= 11 is 0. The summed E-state index contributed by atoms with van der Waals surface area (Å²) in [6.45, 7) is 6.73. The third kappa shape index (κ3) is 6.51. The van der Waals surface area contributed by atoms with E-state index in [-0.39, 0.29) is 0 Å². The Kier molecular flexibility index (Phi) is 4.32. The number of hydrogen-bond donors (Lipinski definition) is 3. The molecule has 0 saturated heterocycles. The standard InChI is InChI=1S/C8H17NO4/c1-5(6(10)11)9-7(12)13-8(2,3)4/h5,7,9,12H,1-4H3,(H,10,11)/t5-,7?/m0/s1. The van der Waals surface area contributed by atoms with Gasteiger partial charge >= 0.3 is 5.97 Å². The maximum Gasteiger partial charge on any atom is 0.320 e. The second-order valence-corrected chi connectivity index (χ2v) is 3.81. The Morgan fingerprint density at radius 3 is 2.23 bits per heavy atom. The molecule has 0 rings (SSSR count). The van der Waals surface area contributed by atoms with E-state index >= 15 is 0 Å². The van der Waals surface area contributed by atoms with Crippen LogP contribution in [-0.2, 0) is 9.53 Å². The number of aliphatic carboxylic acids is 1. The van der Waals surface area contributed by atoms with Crippen molar-refractivity contribution in [2.24, 2.45) is 0 Å². The van der Waals surface area contributed by atoms with E-state index in [0.29, 0.717) is 0 Å². The topological polar surface area (TPSA) is 78.8 Å². The molecule has 0 aromatic heterocycles. The van der Waals surface area contributed by atoms with Crippen molar-refractivity contribution in [1.29, 1.82) is 0 Å². The van der Waals surface area contributed by atoms with Crippen molar-refractivity contribution in [1.82, 2.24) is 5.32 Å². The Bertz CT molecular complexity index is 175. The van der Waals surface area contributed by atoms with Crippen LogP contribution in [0.3, 0.4) is 0 Å². The fourth-order valence-corrected chi connectivity index (χ4v) is 0.654. The summed E-state index contributed by atoms with van der Waals surface area (Å²) in [5.74, 6) is -1.03. The van der Waals surface area contributed by atoms with E-state index in [4.69, 9.17) is 9.84 Å². The van der Waals surface area contributed by atoms with Gasteiger partial charge in [0.15, 0.2) is 0 Å². The number of hydrogen-bond acceptors (Lipinski definition) is 4. The zero-order valence-corrected chi connectivity index (χ0v) is 8.37. The van der Waals surface area contributed by atoms with Crippen LogP contribution in [0.5, 0.6) is 0 Å². The first-order chi connectivity index (χ1) is 5.72. The van der Waals surface area contributed by atoms with Gasteiger partial charge in [-0.2, -0.15) is 0 Å². The first-order valence-corrected chi connectivity index (χ1v) is 4.07. The number of carbonyl (C=O) groups is 1. The van der Waals surface area contributed by atoms with Gasteiger partial charge in [0.2, 0.25) is 6.41 Å². The van der Waals surface area contributed by atoms with Crippen LogP contribution in [0.1, 0.15) is 27.7 Å². The van der Waals surface area contributed by atoms with Crippen molar-refractivity contribution >= 4 is 5.97 Å². The molecule has 5 nitrogen and oxygen atoms in total. The minimum absolute atomic E-state index is 0.509. The van der Waals surface area contributed by atoms with Crippen LogP contribution in [0.2, 0.25) is 0 Å². The molecular weight excluding hydrogens is 174 g/mol. The van der Waals surface area contributed by atoms with Crippen LogP contribution in [-0.4, -0.2) is 34.2 Å². The highest BCUT2D eigenvalue weighted by Crippen LogP contribution is 2.08. The van der Waals surface area contributed by atoms with Crippen molar-refractivity contribution in [2.45, 2.75) is 45.8 Å². The van der Waals surface area contributed by atoms with Gasteiger partial charge in [-0.3, -0.25) is 10.1 Å². The predicted molar refractivity (Wildman–Crippen MR) is 47.1 cm³/mol. The molecule has 13 heavy (non-hydrogen) atoms. The fourth-order valence-electron chi connectivity index (χ4n) is 0.654. The minimum Gasteiger partial charge on any atom is -0.480 e. The predicted octanol–water partition coefficient (Wildman–Crippen LogP) is 0.140. The highest BCUT2D eigenvalue weighted by molar-refractivity contribution is 5.72. The molecule has 0 radical (unpaired) electrons. The quantitative estimate of drug-likeness (QED) is 0.551. The lowest BCUT2D eigenvalue weighted by atomic mass is 10.2. The van der Waals surface area contributed by atoms with Gasteiger partial charge in [0.05, 0.1) is 5.60 Å². The van der Waals surface area contributed by atoms with Gasteiger partial charge in [0.25, 0.3) is 0 Å². The van der Waals surface area contributed by atoms with E-state index in [1.54, 1.807) is 20.8 Å². The largest absolute Gasteiger partial charge is 0.480 e. The van der Waals surface area contributed by atoms with Crippen LogP contribution >= 0.6 is 0 Å². The molecule has 0 amide bonds. The Labute approximate surface area is 77.7 Å². The summed E-state index contributed by atoms with van der Waals surface area (Å²) in [6, 6.07) is -0.836. The molecule has 78 valence electrons. The van der Waals surface area contributed by atoms with Crippen LogP contribution in [0.15, 0.2) is 0 Å². The van der Waals surface area contributed by atoms with Crippen molar-refractivity contribution in [3.8, 4) is 0 Å². The van der Waals surface area contributed by atoms with E-state index < -0.39 is 24.0 Å². The molecule has 0 aromatic carbocycles. The summed E-state index contributed by atoms with van der Waals surface area (Å²) < 4.78 is 5.04. The van der Waals surface area contributed by atoms with E-state index in [9.17, 15) is 9.90 Å². The Morgan fingerprint density at radius 2 is 1.92 bits per heavy atom. The van der Waals surface area contributed by atoms with E-state index in [1.807, 2.05) is 0 Å². The van der Waals surface area contributed by atoms with E-state index in [2.05, 4.69) is 5.32 Å². The third-order valence-electron chi connectivity index (χ3n) is 1.23. The maximum absolute atomic E-state index is 10.4. The normalized spacial score (nSPS) is 16.7. The lowest BCUT2D eigenvalue weighted by molar-refractivity contribution is -0.188. The summed E-state index contributed by atoms with van der Waals surface area (Å²) in [6.07, 6.45) is -1.26. The molecule has 0 spiro atoms. The van der Waals surface area contributed by atoms with Gasteiger partial charge in [0.1, 0.15) is 6.04 Å². The highest BCUT2D eigenvalue weighted by Gasteiger charge is 2.20. The van der Waals surface area contributed by atoms with Gasteiger partial charge in [0, 0.05) is 0 Å². The van der Waals surface area contributed by atoms with Crippen LogP contribution in [0.25, 0.3) is 0 Å². The summed E-state index contributed by atoms with van der Waals surface area (Å²) in [5, 5.41) is 20.1. The zero-order valence-electron chi connectivity index (χ0n) is 8.37. The minimum atomic E-state index is -1.26. The molecule has 2 atom stereocenters. The molecule has 0 heterocycles. The number of carboxylic acid groups (broad SMARTS) is 1. The average molecular weight is 191 g/mol. The molecular formula is C8H17NO4. The van der Waals surface area contributed by atoms with Crippen molar-refractivity contribution < 1.29 is 19.7 Å². The molecule has 0 saturated carbocycles. The van der Waals surface area contributed by atoms with Crippen molar-refractivity contribution in [3.63, 3.8) is 0 Å².